The lowest BCUT2D eigenvalue weighted by Crippen LogP contribution is -1.88. The number of oxime groups is 1. The smallest absolute Gasteiger partial charge is 0.142 e. The van der Waals surface area contributed by atoms with Gasteiger partial charge in [-0.05, 0) is 35.4 Å². The molecule has 0 atom stereocenters. The van der Waals surface area contributed by atoms with Gasteiger partial charge in [-0.15, -0.1) is 0 Å². The Balaban J connectivity index is 1.87. The van der Waals surface area contributed by atoms with Crippen molar-refractivity contribution in [3.05, 3.63) is 69.7 Å². The van der Waals surface area contributed by atoms with Gasteiger partial charge in [0.1, 0.15) is 6.61 Å². The first-order valence-electron chi connectivity index (χ1n) is 5.39. The summed E-state index contributed by atoms with van der Waals surface area (Å²) in [5.74, 6) is 0. The molecule has 18 heavy (non-hydrogen) atoms. The minimum absolute atomic E-state index is 0.394. The molecule has 2 aromatic carbocycles. The van der Waals surface area contributed by atoms with E-state index < -0.39 is 0 Å². The van der Waals surface area contributed by atoms with Crippen molar-refractivity contribution in [1.82, 2.24) is 0 Å². The van der Waals surface area contributed by atoms with Gasteiger partial charge in [-0.3, -0.25) is 0 Å². The summed E-state index contributed by atoms with van der Waals surface area (Å²) in [6.45, 7) is 0.394. The van der Waals surface area contributed by atoms with Crippen LogP contribution in [0.2, 0.25) is 10.0 Å². The van der Waals surface area contributed by atoms with Crippen LogP contribution in [-0.4, -0.2) is 6.21 Å². The van der Waals surface area contributed by atoms with Crippen LogP contribution in [0.3, 0.4) is 0 Å². The summed E-state index contributed by atoms with van der Waals surface area (Å²) in [5.41, 5.74) is 1.92. The van der Waals surface area contributed by atoms with Gasteiger partial charge in [0.2, 0.25) is 0 Å². The van der Waals surface area contributed by atoms with Gasteiger partial charge in [-0.1, -0.05) is 52.6 Å². The zero-order valence-corrected chi connectivity index (χ0v) is 11.0. The second-order valence-electron chi connectivity index (χ2n) is 3.69. The molecular formula is C14H11Cl2NO. The fourth-order valence-corrected chi connectivity index (χ4v) is 1.72. The van der Waals surface area contributed by atoms with Gasteiger partial charge < -0.3 is 4.84 Å². The van der Waals surface area contributed by atoms with E-state index in [1.807, 2.05) is 36.4 Å². The summed E-state index contributed by atoms with van der Waals surface area (Å²) in [7, 11) is 0. The molecule has 2 rings (SSSR count). The third kappa shape index (κ3) is 4.06. The Hall–Kier alpha value is -1.51. The molecule has 0 spiro atoms. The summed E-state index contributed by atoms with van der Waals surface area (Å²) in [5, 5.41) is 5.28. The molecule has 2 aromatic rings. The highest BCUT2D eigenvalue weighted by Crippen LogP contribution is 2.11. The van der Waals surface area contributed by atoms with Gasteiger partial charge >= 0.3 is 0 Å². The minimum Gasteiger partial charge on any atom is -0.391 e. The normalized spacial score (nSPS) is 10.8. The lowest BCUT2D eigenvalue weighted by molar-refractivity contribution is 0.132. The third-order valence-electron chi connectivity index (χ3n) is 2.27. The third-order valence-corrected chi connectivity index (χ3v) is 2.75. The summed E-state index contributed by atoms with van der Waals surface area (Å²) < 4.78 is 0. The first-order valence-corrected chi connectivity index (χ1v) is 6.15. The van der Waals surface area contributed by atoms with Crippen molar-refractivity contribution in [3.8, 4) is 0 Å². The average molecular weight is 280 g/mol. The zero-order chi connectivity index (χ0) is 12.8. The molecule has 0 aliphatic heterocycles. The minimum atomic E-state index is 0.394. The highest BCUT2D eigenvalue weighted by molar-refractivity contribution is 6.30. The van der Waals surface area contributed by atoms with E-state index in [4.69, 9.17) is 28.0 Å². The maximum atomic E-state index is 5.86. The Kier molecular flexibility index (Phi) is 4.62. The van der Waals surface area contributed by atoms with Crippen LogP contribution >= 0.6 is 23.2 Å². The Morgan fingerprint density at radius 2 is 1.78 bits per heavy atom. The first kappa shape index (κ1) is 12.9. The van der Waals surface area contributed by atoms with E-state index in [-0.39, 0.29) is 0 Å². The molecular weight excluding hydrogens is 269 g/mol. The van der Waals surface area contributed by atoms with Crippen LogP contribution in [0.5, 0.6) is 0 Å². The highest BCUT2D eigenvalue weighted by atomic mass is 35.5. The number of hydrogen-bond donors (Lipinski definition) is 0. The molecule has 0 aliphatic rings. The van der Waals surface area contributed by atoms with Gasteiger partial charge in [0.25, 0.3) is 0 Å². The van der Waals surface area contributed by atoms with Gasteiger partial charge in [0.15, 0.2) is 0 Å². The van der Waals surface area contributed by atoms with Crippen molar-refractivity contribution in [1.29, 1.82) is 0 Å². The maximum absolute atomic E-state index is 5.86. The maximum Gasteiger partial charge on any atom is 0.142 e. The van der Waals surface area contributed by atoms with E-state index in [0.29, 0.717) is 16.7 Å². The van der Waals surface area contributed by atoms with E-state index in [0.717, 1.165) is 11.1 Å². The number of hydrogen-bond acceptors (Lipinski definition) is 2. The molecule has 0 radical (unpaired) electrons. The van der Waals surface area contributed by atoms with Crippen molar-refractivity contribution in [2.75, 3.05) is 0 Å². The standard InChI is InChI=1S/C14H11Cl2NO/c15-13-6-4-11(5-7-13)9-17-18-10-12-2-1-3-14(16)8-12/h1-9H,10H2. The molecule has 0 N–H and O–H groups in total. The monoisotopic (exact) mass is 279 g/mol. The van der Waals surface area contributed by atoms with Crippen molar-refractivity contribution >= 4 is 29.4 Å². The zero-order valence-electron chi connectivity index (χ0n) is 9.51. The summed E-state index contributed by atoms with van der Waals surface area (Å²) in [4.78, 5) is 5.19. The lowest BCUT2D eigenvalue weighted by atomic mass is 10.2. The van der Waals surface area contributed by atoms with Crippen LogP contribution in [0, 0.1) is 0 Å². The number of benzene rings is 2. The Bertz CT molecular complexity index is 538. The van der Waals surface area contributed by atoms with E-state index in [2.05, 4.69) is 5.16 Å². The molecule has 0 saturated heterocycles. The van der Waals surface area contributed by atoms with Crippen molar-refractivity contribution in [2.24, 2.45) is 5.16 Å². The molecule has 0 saturated carbocycles. The van der Waals surface area contributed by atoms with E-state index in [1.165, 1.54) is 0 Å². The largest absolute Gasteiger partial charge is 0.391 e. The van der Waals surface area contributed by atoms with Crippen molar-refractivity contribution in [3.63, 3.8) is 0 Å². The topological polar surface area (TPSA) is 21.6 Å². The Morgan fingerprint density at radius 3 is 2.50 bits per heavy atom. The first-order chi connectivity index (χ1) is 8.74. The summed E-state index contributed by atoms with van der Waals surface area (Å²) in [6, 6.07) is 14.8. The Morgan fingerprint density at radius 1 is 1.00 bits per heavy atom. The Labute approximate surface area is 116 Å². The molecule has 0 fully saturated rings. The summed E-state index contributed by atoms with van der Waals surface area (Å²) in [6.07, 6.45) is 1.64. The van der Waals surface area contributed by atoms with Gasteiger partial charge in [0, 0.05) is 10.0 Å². The molecule has 0 bridgehead atoms. The molecule has 2 nitrogen and oxygen atoms in total. The lowest BCUT2D eigenvalue weighted by Gasteiger charge is -2.00. The fourth-order valence-electron chi connectivity index (χ4n) is 1.39. The quantitative estimate of drug-likeness (QED) is 0.595. The van der Waals surface area contributed by atoms with Gasteiger partial charge in [0.05, 0.1) is 6.21 Å². The van der Waals surface area contributed by atoms with Crippen LogP contribution in [0.25, 0.3) is 0 Å². The van der Waals surface area contributed by atoms with Crippen LogP contribution < -0.4 is 0 Å². The molecule has 0 unspecified atom stereocenters. The van der Waals surface area contributed by atoms with Gasteiger partial charge in [-0.25, -0.2) is 0 Å². The highest BCUT2D eigenvalue weighted by Gasteiger charge is 1.94. The van der Waals surface area contributed by atoms with Crippen molar-refractivity contribution in [2.45, 2.75) is 6.61 Å². The molecule has 0 aliphatic carbocycles. The SMILES string of the molecule is Clc1ccc(C=NOCc2cccc(Cl)c2)cc1. The molecule has 0 aromatic heterocycles. The summed E-state index contributed by atoms with van der Waals surface area (Å²) >= 11 is 11.6. The number of rotatable bonds is 4. The van der Waals surface area contributed by atoms with Crippen LogP contribution in [0.15, 0.2) is 53.7 Å². The molecule has 4 heteroatoms. The van der Waals surface area contributed by atoms with Gasteiger partial charge in [-0.2, -0.15) is 0 Å². The van der Waals surface area contributed by atoms with Crippen LogP contribution in [-0.2, 0) is 11.4 Å². The number of halogens is 2. The van der Waals surface area contributed by atoms with Crippen LogP contribution in [0.1, 0.15) is 11.1 Å². The molecule has 0 heterocycles. The molecule has 0 amide bonds. The van der Waals surface area contributed by atoms with E-state index >= 15 is 0 Å². The second kappa shape index (κ2) is 6.43. The van der Waals surface area contributed by atoms with E-state index in [1.54, 1.807) is 18.3 Å². The second-order valence-corrected chi connectivity index (χ2v) is 4.56. The van der Waals surface area contributed by atoms with Crippen molar-refractivity contribution < 1.29 is 4.84 Å². The van der Waals surface area contributed by atoms with Crippen LogP contribution in [0.4, 0.5) is 0 Å². The average Bonchev–Trinajstić information content (AvgIpc) is 2.37. The predicted molar refractivity (Wildman–Crippen MR) is 75.3 cm³/mol. The fraction of sp³-hybridized carbons (Fsp3) is 0.0714. The number of nitrogens with zero attached hydrogens (tertiary/aromatic N) is 1. The molecule has 92 valence electrons. The van der Waals surface area contributed by atoms with E-state index in [9.17, 15) is 0 Å². The predicted octanol–water partition coefficient (Wildman–Crippen LogP) is 4.54.